The average Bonchev–Trinajstić information content (AvgIpc) is 2.89. The lowest BCUT2D eigenvalue weighted by atomic mass is 10.0. The molecule has 0 aliphatic heterocycles. The van der Waals surface area contributed by atoms with Gasteiger partial charge < -0.3 is 8.39 Å². The number of hydrogen-bond acceptors (Lipinski definition) is 3. The van der Waals surface area contributed by atoms with Gasteiger partial charge in [0.2, 0.25) is 0 Å². The first-order valence-electron chi connectivity index (χ1n) is 9.28. The van der Waals surface area contributed by atoms with Gasteiger partial charge in [-0.3, -0.25) is 4.52 Å². The van der Waals surface area contributed by atoms with Gasteiger partial charge in [-0.25, -0.2) is 0 Å². The lowest BCUT2D eigenvalue weighted by Crippen LogP contribution is -2.01. The Morgan fingerprint density at radius 3 is 1.86 bits per heavy atom. The molecule has 1 aromatic heterocycles. The fourth-order valence-corrected chi connectivity index (χ4v) is 4.69. The first-order chi connectivity index (χ1) is 13.8. The molecule has 5 aromatic rings. The van der Waals surface area contributed by atoms with E-state index in [1.165, 1.54) is 10.8 Å². The highest BCUT2D eigenvalue weighted by molar-refractivity contribution is 7.31. The van der Waals surface area contributed by atoms with E-state index in [0.29, 0.717) is 0 Å². The van der Waals surface area contributed by atoms with Gasteiger partial charge in [-0.05, 0) is 35.4 Å². The molecule has 0 aliphatic carbocycles. The third kappa shape index (κ3) is 3.09. The van der Waals surface area contributed by atoms with Gasteiger partial charge in [0.1, 0.15) is 11.2 Å². The van der Waals surface area contributed by atoms with Crippen molar-refractivity contribution in [3.63, 3.8) is 0 Å². The monoisotopic (exact) mass is 386 g/mol. The molecule has 0 unspecified atom stereocenters. The number of para-hydroxylation sites is 2. The van der Waals surface area contributed by atoms with Crippen molar-refractivity contribution in [1.82, 2.24) is 0 Å². The highest BCUT2D eigenvalue weighted by Gasteiger charge is 2.14. The predicted octanol–water partition coefficient (Wildman–Crippen LogP) is 7.63. The molecule has 0 saturated heterocycles. The molecule has 0 spiro atoms. The molecule has 1 heterocycles. The van der Waals surface area contributed by atoms with Gasteiger partial charge in [-0.1, -0.05) is 78.9 Å². The molecule has 0 radical (unpaired) electrons. The van der Waals surface area contributed by atoms with Crippen molar-refractivity contribution < 1.29 is 12.9 Å². The average molecular weight is 386 g/mol. The number of fused-ring (bicyclic) bond motifs is 4. The van der Waals surface area contributed by atoms with Crippen LogP contribution in [0.4, 0.5) is 0 Å². The molecule has 0 saturated carbocycles. The number of rotatable bonds is 3. The minimum Gasteiger partial charge on any atom is -0.399 e. The molecule has 5 rings (SSSR count). The van der Waals surface area contributed by atoms with Gasteiger partial charge in [-0.2, -0.15) is 0 Å². The third-order valence-corrected chi connectivity index (χ3v) is 6.10. The van der Waals surface area contributed by atoms with E-state index in [2.05, 4.69) is 36.4 Å². The fraction of sp³-hybridized carbons (Fsp3) is 0.0833. The van der Waals surface area contributed by atoms with Crippen LogP contribution < -0.4 is 4.52 Å². The molecule has 28 heavy (non-hydrogen) atoms. The largest absolute Gasteiger partial charge is 0.399 e. The zero-order valence-corrected chi connectivity index (χ0v) is 16.3. The SMILES string of the molecule is C[C@H](Op1oc2ccccc2c2ccccc2o1)c1cccc2ccccc12. The standard InChI is InChI=1S/C24H19O3P/c1-17(19-14-8-10-18-9-2-3-11-20(18)19)25-28-26-23-15-6-4-12-21(23)22-13-5-7-16-24(22)27-28/h2-17H,1H3/t17-/m0/s1. The Bertz CT molecular complexity index is 1260. The van der Waals surface area contributed by atoms with Gasteiger partial charge in [-0.15, -0.1) is 0 Å². The molecule has 0 amide bonds. The van der Waals surface area contributed by atoms with E-state index in [9.17, 15) is 0 Å². The highest BCUT2D eigenvalue weighted by Crippen LogP contribution is 2.37. The maximum absolute atomic E-state index is 6.30. The van der Waals surface area contributed by atoms with Crippen molar-refractivity contribution in [3.8, 4) is 0 Å². The summed E-state index contributed by atoms with van der Waals surface area (Å²) in [6.07, 6.45) is -0.172. The molecule has 4 aromatic carbocycles. The summed E-state index contributed by atoms with van der Waals surface area (Å²) in [5.41, 5.74) is 2.69. The van der Waals surface area contributed by atoms with Gasteiger partial charge in [0, 0.05) is 10.8 Å². The molecule has 4 heteroatoms. The second-order valence-corrected chi connectivity index (χ2v) is 7.74. The van der Waals surface area contributed by atoms with Crippen LogP contribution in [-0.2, 0) is 0 Å². The molecule has 0 N–H and O–H groups in total. The van der Waals surface area contributed by atoms with Crippen LogP contribution in [0.3, 0.4) is 0 Å². The third-order valence-electron chi connectivity index (χ3n) is 4.92. The Hall–Kier alpha value is -3.00. The summed E-state index contributed by atoms with van der Waals surface area (Å²) in [6.45, 7) is 2.04. The summed E-state index contributed by atoms with van der Waals surface area (Å²) < 4.78 is 18.6. The smallest absolute Gasteiger partial charge is 0.388 e. The predicted molar refractivity (Wildman–Crippen MR) is 115 cm³/mol. The van der Waals surface area contributed by atoms with Crippen LogP contribution in [0.5, 0.6) is 0 Å². The van der Waals surface area contributed by atoms with Crippen molar-refractivity contribution in [3.05, 3.63) is 96.6 Å². The Morgan fingerprint density at radius 2 is 1.18 bits per heavy atom. The quantitative estimate of drug-likeness (QED) is 0.320. The van der Waals surface area contributed by atoms with E-state index < -0.39 is 8.24 Å². The fourth-order valence-electron chi connectivity index (χ4n) is 3.55. The van der Waals surface area contributed by atoms with Crippen LogP contribution in [0.2, 0.25) is 0 Å². The molecule has 3 nitrogen and oxygen atoms in total. The van der Waals surface area contributed by atoms with Gasteiger partial charge in [0.05, 0.1) is 6.10 Å². The summed E-state index contributed by atoms with van der Waals surface area (Å²) >= 11 is 0. The Morgan fingerprint density at radius 1 is 0.643 bits per heavy atom. The van der Waals surface area contributed by atoms with Crippen molar-refractivity contribution in [1.29, 1.82) is 0 Å². The van der Waals surface area contributed by atoms with E-state index in [-0.39, 0.29) is 6.10 Å². The topological polar surface area (TPSA) is 35.5 Å². The minimum atomic E-state index is -1.59. The highest BCUT2D eigenvalue weighted by atomic mass is 31.1. The van der Waals surface area contributed by atoms with E-state index in [0.717, 1.165) is 27.5 Å². The summed E-state index contributed by atoms with van der Waals surface area (Å²) in [5, 5.41) is 4.42. The summed E-state index contributed by atoms with van der Waals surface area (Å²) in [4.78, 5) is 0. The zero-order chi connectivity index (χ0) is 18.9. The molecular formula is C24H19O3P. The summed E-state index contributed by atoms with van der Waals surface area (Å²) in [7, 11) is -1.59. The Kier molecular flexibility index (Phi) is 4.40. The lowest BCUT2D eigenvalue weighted by Gasteiger charge is -2.13. The number of benzene rings is 4. The van der Waals surface area contributed by atoms with Crippen LogP contribution in [0.15, 0.2) is 99.4 Å². The summed E-state index contributed by atoms with van der Waals surface area (Å²) in [5.74, 6) is 0. The molecule has 1 atom stereocenters. The normalized spacial score (nSPS) is 12.5. The second kappa shape index (κ2) is 7.20. The first-order valence-corrected chi connectivity index (χ1v) is 10.4. The molecule has 0 bridgehead atoms. The Balaban J connectivity index is 1.65. The maximum Gasteiger partial charge on any atom is 0.388 e. The van der Waals surface area contributed by atoms with E-state index >= 15 is 0 Å². The van der Waals surface area contributed by atoms with Crippen LogP contribution in [0.1, 0.15) is 18.6 Å². The second-order valence-electron chi connectivity index (χ2n) is 6.71. The van der Waals surface area contributed by atoms with Gasteiger partial charge in [0.25, 0.3) is 0 Å². The zero-order valence-electron chi connectivity index (χ0n) is 15.4. The summed E-state index contributed by atoms with van der Waals surface area (Å²) in [6, 6.07) is 30.6. The molecular weight excluding hydrogens is 367 g/mol. The van der Waals surface area contributed by atoms with Crippen molar-refractivity contribution in [2.45, 2.75) is 13.0 Å². The molecule has 0 fully saturated rings. The van der Waals surface area contributed by atoms with Crippen molar-refractivity contribution in [2.24, 2.45) is 0 Å². The van der Waals surface area contributed by atoms with Crippen LogP contribution >= 0.6 is 8.24 Å². The Labute approximate surface area is 163 Å². The minimum absolute atomic E-state index is 0.172. The van der Waals surface area contributed by atoms with Crippen LogP contribution in [0, 0.1) is 0 Å². The van der Waals surface area contributed by atoms with Crippen LogP contribution in [-0.4, -0.2) is 0 Å². The first kappa shape index (κ1) is 17.1. The van der Waals surface area contributed by atoms with E-state index in [4.69, 9.17) is 12.9 Å². The van der Waals surface area contributed by atoms with Gasteiger partial charge in [0.15, 0.2) is 0 Å². The van der Waals surface area contributed by atoms with Crippen molar-refractivity contribution in [2.75, 3.05) is 0 Å². The van der Waals surface area contributed by atoms with Crippen molar-refractivity contribution >= 4 is 41.0 Å². The van der Waals surface area contributed by atoms with E-state index in [1.54, 1.807) is 0 Å². The van der Waals surface area contributed by atoms with E-state index in [1.807, 2.05) is 61.5 Å². The number of hydrogen-bond donors (Lipinski definition) is 0. The molecule has 138 valence electrons. The maximum atomic E-state index is 6.30. The van der Waals surface area contributed by atoms with Crippen LogP contribution in [0.25, 0.3) is 32.7 Å². The van der Waals surface area contributed by atoms with Gasteiger partial charge >= 0.3 is 8.24 Å². The lowest BCUT2D eigenvalue weighted by molar-refractivity contribution is 0.287. The molecule has 0 aliphatic rings.